The molecular formula is C18H16N4O4S. The van der Waals surface area contributed by atoms with Crippen LogP contribution in [-0.4, -0.2) is 33.4 Å². The smallest absolute Gasteiger partial charge is 0.261 e. The van der Waals surface area contributed by atoms with Crippen molar-refractivity contribution in [3.05, 3.63) is 45.9 Å². The van der Waals surface area contributed by atoms with Crippen LogP contribution in [0.1, 0.15) is 11.3 Å². The van der Waals surface area contributed by atoms with Crippen molar-refractivity contribution in [3.8, 4) is 11.5 Å². The van der Waals surface area contributed by atoms with E-state index >= 15 is 0 Å². The first-order valence-electron chi connectivity index (χ1n) is 8.20. The predicted octanol–water partition coefficient (Wildman–Crippen LogP) is 2.39. The summed E-state index contributed by atoms with van der Waals surface area (Å²) in [6.45, 7) is 3.87. The second kappa shape index (κ2) is 6.92. The number of amides is 1. The molecular weight excluding hydrogens is 368 g/mol. The number of hydrogen-bond acceptors (Lipinski definition) is 7. The normalized spacial score (nSPS) is 12.4. The van der Waals surface area contributed by atoms with Gasteiger partial charge in [0.1, 0.15) is 0 Å². The summed E-state index contributed by atoms with van der Waals surface area (Å²) < 4.78 is 10.5. The van der Waals surface area contributed by atoms with Crippen LogP contribution in [0.25, 0.3) is 11.0 Å². The molecule has 27 heavy (non-hydrogen) atoms. The van der Waals surface area contributed by atoms with Gasteiger partial charge in [0.15, 0.2) is 22.3 Å². The summed E-state index contributed by atoms with van der Waals surface area (Å²) >= 11 is 1.14. The number of rotatable bonds is 4. The highest BCUT2D eigenvalue weighted by Gasteiger charge is 2.15. The summed E-state index contributed by atoms with van der Waals surface area (Å²) in [6.07, 6.45) is 0. The predicted molar refractivity (Wildman–Crippen MR) is 102 cm³/mol. The van der Waals surface area contributed by atoms with Crippen molar-refractivity contribution < 1.29 is 14.3 Å². The Bertz CT molecular complexity index is 1110. The highest BCUT2D eigenvalue weighted by molar-refractivity contribution is 7.99. The van der Waals surface area contributed by atoms with Gasteiger partial charge in [-0.25, -0.2) is 9.97 Å². The molecule has 2 N–H and O–H groups in total. The SMILES string of the molecule is Cc1cc(C)c2c(=O)[nH]c(SCC(=O)Nc3ccc4c(c3)OCO4)nc2n1. The topological polar surface area (TPSA) is 106 Å². The fourth-order valence-corrected chi connectivity index (χ4v) is 3.49. The van der Waals surface area contributed by atoms with E-state index in [-0.39, 0.29) is 24.0 Å². The van der Waals surface area contributed by atoms with Gasteiger partial charge < -0.3 is 19.8 Å². The molecule has 0 atom stereocenters. The molecule has 0 saturated carbocycles. The first-order valence-corrected chi connectivity index (χ1v) is 9.19. The number of ether oxygens (including phenoxy) is 2. The minimum Gasteiger partial charge on any atom is -0.454 e. The molecule has 0 bridgehead atoms. The molecule has 1 aliphatic rings. The van der Waals surface area contributed by atoms with Gasteiger partial charge >= 0.3 is 0 Å². The van der Waals surface area contributed by atoms with Gasteiger partial charge in [0.25, 0.3) is 5.56 Å². The number of thioether (sulfide) groups is 1. The van der Waals surface area contributed by atoms with Gasteiger partial charge in [-0.1, -0.05) is 11.8 Å². The monoisotopic (exact) mass is 384 g/mol. The number of carbonyl (C=O) groups is 1. The molecule has 138 valence electrons. The number of nitrogens with one attached hydrogen (secondary N) is 2. The van der Waals surface area contributed by atoms with Crippen LogP contribution in [0.4, 0.5) is 5.69 Å². The molecule has 3 heterocycles. The van der Waals surface area contributed by atoms with Crippen LogP contribution in [0.2, 0.25) is 0 Å². The summed E-state index contributed by atoms with van der Waals surface area (Å²) in [5, 5.41) is 3.60. The molecule has 0 aliphatic carbocycles. The summed E-state index contributed by atoms with van der Waals surface area (Å²) in [5.41, 5.74) is 2.34. The second-order valence-corrected chi connectivity index (χ2v) is 7.02. The Kier molecular flexibility index (Phi) is 4.44. The second-order valence-electron chi connectivity index (χ2n) is 6.06. The molecule has 0 radical (unpaired) electrons. The number of anilines is 1. The van der Waals surface area contributed by atoms with Crippen molar-refractivity contribution in [3.63, 3.8) is 0 Å². The molecule has 4 rings (SSSR count). The van der Waals surface area contributed by atoms with Gasteiger partial charge in [-0.3, -0.25) is 9.59 Å². The summed E-state index contributed by atoms with van der Waals surface area (Å²) in [4.78, 5) is 35.9. The van der Waals surface area contributed by atoms with Crippen LogP contribution in [0.3, 0.4) is 0 Å². The van der Waals surface area contributed by atoms with Crippen LogP contribution < -0.4 is 20.3 Å². The highest BCUT2D eigenvalue weighted by atomic mass is 32.2. The van der Waals surface area contributed by atoms with E-state index in [0.29, 0.717) is 33.4 Å². The molecule has 0 unspecified atom stereocenters. The summed E-state index contributed by atoms with van der Waals surface area (Å²) in [6, 6.07) is 7.02. The number of carbonyl (C=O) groups excluding carboxylic acids is 1. The van der Waals surface area contributed by atoms with E-state index in [9.17, 15) is 9.59 Å². The number of aromatic amines is 1. The maximum absolute atomic E-state index is 12.3. The average Bonchev–Trinajstić information content (AvgIpc) is 3.06. The Morgan fingerprint density at radius 3 is 2.89 bits per heavy atom. The summed E-state index contributed by atoms with van der Waals surface area (Å²) in [7, 11) is 0. The molecule has 1 aromatic carbocycles. The zero-order valence-electron chi connectivity index (χ0n) is 14.7. The number of benzene rings is 1. The average molecular weight is 384 g/mol. The lowest BCUT2D eigenvalue weighted by Crippen LogP contribution is -2.16. The van der Waals surface area contributed by atoms with Crippen molar-refractivity contribution in [2.45, 2.75) is 19.0 Å². The molecule has 1 aliphatic heterocycles. The third kappa shape index (κ3) is 3.59. The maximum atomic E-state index is 12.3. The minimum absolute atomic E-state index is 0.0910. The van der Waals surface area contributed by atoms with Crippen LogP contribution in [0.5, 0.6) is 11.5 Å². The molecule has 1 amide bonds. The van der Waals surface area contributed by atoms with Crippen molar-refractivity contribution in [1.29, 1.82) is 0 Å². The van der Waals surface area contributed by atoms with E-state index in [1.165, 1.54) is 0 Å². The molecule has 0 saturated heterocycles. The fraction of sp³-hybridized carbons (Fsp3) is 0.222. The number of aromatic nitrogens is 3. The van der Waals surface area contributed by atoms with Gasteiger partial charge in [-0.2, -0.15) is 0 Å². The number of fused-ring (bicyclic) bond motifs is 2. The van der Waals surface area contributed by atoms with Crippen LogP contribution in [0.15, 0.2) is 34.2 Å². The van der Waals surface area contributed by atoms with Crippen LogP contribution in [0, 0.1) is 13.8 Å². The van der Waals surface area contributed by atoms with Crippen molar-refractivity contribution in [2.24, 2.45) is 0 Å². The van der Waals surface area contributed by atoms with E-state index in [0.717, 1.165) is 23.0 Å². The van der Waals surface area contributed by atoms with E-state index < -0.39 is 0 Å². The largest absolute Gasteiger partial charge is 0.454 e. The van der Waals surface area contributed by atoms with E-state index in [1.54, 1.807) is 18.2 Å². The van der Waals surface area contributed by atoms with Crippen molar-refractivity contribution >= 4 is 34.4 Å². The number of pyridine rings is 1. The van der Waals surface area contributed by atoms with Gasteiger partial charge in [-0.05, 0) is 37.6 Å². The van der Waals surface area contributed by atoms with Gasteiger partial charge in [-0.15, -0.1) is 0 Å². The third-order valence-corrected chi connectivity index (χ3v) is 4.85. The van der Waals surface area contributed by atoms with E-state index in [2.05, 4.69) is 20.3 Å². The number of hydrogen-bond donors (Lipinski definition) is 2. The van der Waals surface area contributed by atoms with Crippen LogP contribution in [-0.2, 0) is 4.79 Å². The minimum atomic E-state index is -0.260. The zero-order valence-corrected chi connectivity index (χ0v) is 15.5. The number of aryl methyl sites for hydroxylation is 2. The fourth-order valence-electron chi connectivity index (χ4n) is 2.84. The molecule has 8 nitrogen and oxygen atoms in total. The first-order chi connectivity index (χ1) is 13.0. The third-order valence-electron chi connectivity index (χ3n) is 3.98. The van der Waals surface area contributed by atoms with Gasteiger partial charge in [0.05, 0.1) is 11.1 Å². The Morgan fingerprint density at radius 2 is 2.04 bits per heavy atom. The van der Waals surface area contributed by atoms with Crippen molar-refractivity contribution in [2.75, 3.05) is 17.9 Å². The quantitative estimate of drug-likeness (QED) is 0.525. The molecule has 0 fully saturated rings. The lowest BCUT2D eigenvalue weighted by molar-refractivity contribution is -0.113. The van der Waals surface area contributed by atoms with E-state index in [1.807, 2.05) is 19.9 Å². The van der Waals surface area contributed by atoms with Gasteiger partial charge in [0.2, 0.25) is 12.7 Å². The first kappa shape index (κ1) is 17.3. The van der Waals surface area contributed by atoms with E-state index in [4.69, 9.17) is 9.47 Å². The van der Waals surface area contributed by atoms with Gasteiger partial charge in [0, 0.05) is 17.4 Å². The standard InChI is InChI=1S/C18H16N4O4S/c1-9-5-10(2)19-16-15(9)17(24)22-18(21-16)27-7-14(23)20-11-3-4-12-13(6-11)26-8-25-12/h3-6H,7-8H2,1-2H3,(H,20,23)(H,19,21,22,24). The molecule has 0 spiro atoms. The lowest BCUT2D eigenvalue weighted by atomic mass is 10.2. The van der Waals surface area contributed by atoms with Crippen LogP contribution >= 0.6 is 11.8 Å². The van der Waals surface area contributed by atoms with Crippen molar-refractivity contribution in [1.82, 2.24) is 15.0 Å². The Morgan fingerprint density at radius 1 is 1.22 bits per heavy atom. The maximum Gasteiger partial charge on any atom is 0.261 e. The Hall–Kier alpha value is -3.07. The summed E-state index contributed by atoms with van der Waals surface area (Å²) in [5.74, 6) is 1.11. The highest BCUT2D eigenvalue weighted by Crippen LogP contribution is 2.34. The molecule has 2 aromatic heterocycles. The Balaban J connectivity index is 1.46. The molecule has 3 aromatic rings. The number of H-pyrrole nitrogens is 1. The lowest BCUT2D eigenvalue weighted by Gasteiger charge is -2.07. The number of nitrogens with zero attached hydrogens (tertiary/aromatic N) is 2. The Labute approximate surface area is 158 Å². The zero-order chi connectivity index (χ0) is 19.0. The molecule has 9 heteroatoms.